The minimum atomic E-state index is 0.0262. The topological polar surface area (TPSA) is 52.2 Å². The molecule has 1 fully saturated rings. The van der Waals surface area contributed by atoms with Crippen LogP contribution in [0, 0.1) is 6.92 Å². The Hall–Kier alpha value is -1.37. The highest BCUT2D eigenvalue weighted by Crippen LogP contribution is 2.15. The second-order valence-corrected chi connectivity index (χ2v) is 7.01. The molecule has 0 spiro atoms. The van der Waals surface area contributed by atoms with Crippen molar-refractivity contribution in [3.63, 3.8) is 0 Å². The number of hydrogen-bond acceptors (Lipinski definition) is 4. The molecule has 22 heavy (non-hydrogen) atoms. The molecule has 1 saturated heterocycles. The molecule has 1 aliphatic rings. The zero-order valence-corrected chi connectivity index (χ0v) is 14.1. The molecule has 0 aromatic carbocycles. The van der Waals surface area contributed by atoms with E-state index < -0.39 is 0 Å². The van der Waals surface area contributed by atoms with E-state index in [2.05, 4.69) is 20.2 Å². The number of amides is 1. The number of aromatic nitrogens is 2. The van der Waals surface area contributed by atoms with Crippen LogP contribution in [0.2, 0.25) is 5.02 Å². The maximum atomic E-state index is 12.4. The lowest BCUT2D eigenvalue weighted by Gasteiger charge is -2.21. The maximum absolute atomic E-state index is 12.4. The number of nitrogens with one attached hydrogen (secondary N) is 1. The lowest BCUT2D eigenvalue weighted by molar-refractivity contribution is 0.0756. The number of hydrogen-bond donors (Lipinski definition) is 1. The van der Waals surface area contributed by atoms with Gasteiger partial charge in [-0.2, -0.15) is 0 Å². The molecule has 5 nitrogen and oxygen atoms in total. The quantitative estimate of drug-likeness (QED) is 0.936. The minimum Gasteiger partial charge on any atom is -0.356 e. The Balaban J connectivity index is 1.58. The summed E-state index contributed by atoms with van der Waals surface area (Å²) in [7, 11) is 0. The van der Waals surface area contributed by atoms with Crippen molar-refractivity contribution in [2.75, 3.05) is 26.2 Å². The van der Waals surface area contributed by atoms with Crippen LogP contribution in [0.1, 0.15) is 27.6 Å². The number of aromatic amines is 1. The van der Waals surface area contributed by atoms with Gasteiger partial charge >= 0.3 is 0 Å². The van der Waals surface area contributed by atoms with Crippen molar-refractivity contribution in [1.82, 2.24) is 19.8 Å². The molecule has 0 aliphatic carbocycles. The molecule has 3 heterocycles. The predicted octanol–water partition coefficient (Wildman–Crippen LogP) is 2.78. The Bertz CT molecular complexity index is 654. The van der Waals surface area contributed by atoms with Gasteiger partial charge in [0.1, 0.15) is 5.69 Å². The van der Waals surface area contributed by atoms with E-state index in [1.54, 1.807) is 23.6 Å². The van der Waals surface area contributed by atoms with Crippen LogP contribution in [0.5, 0.6) is 0 Å². The third kappa shape index (κ3) is 3.69. The smallest absolute Gasteiger partial charge is 0.270 e. The Morgan fingerprint density at radius 2 is 2.27 bits per heavy atom. The number of rotatable bonds is 3. The van der Waals surface area contributed by atoms with Crippen LogP contribution in [-0.4, -0.2) is 51.9 Å². The molecule has 2 aromatic rings. The van der Waals surface area contributed by atoms with Crippen LogP contribution < -0.4 is 0 Å². The van der Waals surface area contributed by atoms with Gasteiger partial charge in [-0.1, -0.05) is 11.6 Å². The second-order valence-electron chi connectivity index (χ2n) is 5.51. The van der Waals surface area contributed by atoms with Gasteiger partial charge in [-0.3, -0.25) is 9.69 Å². The highest BCUT2D eigenvalue weighted by Gasteiger charge is 2.21. The standard InChI is InChI=1S/C15H19ClN4OS/c1-11-18-13(10-22-11)9-19-3-2-4-20(6-5-19)15(21)14-7-12(16)8-17-14/h7-8,10,17H,2-6,9H2,1H3. The highest BCUT2D eigenvalue weighted by atomic mass is 35.5. The summed E-state index contributed by atoms with van der Waals surface area (Å²) >= 11 is 7.56. The first-order chi connectivity index (χ1) is 10.6. The molecular weight excluding hydrogens is 320 g/mol. The van der Waals surface area contributed by atoms with Gasteiger partial charge in [0, 0.05) is 44.3 Å². The fraction of sp³-hybridized carbons (Fsp3) is 0.467. The third-order valence-corrected chi connectivity index (χ3v) is 4.85. The minimum absolute atomic E-state index is 0.0262. The predicted molar refractivity (Wildman–Crippen MR) is 88.5 cm³/mol. The van der Waals surface area contributed by atoms with Crippen molar-refractivity contribution >= 4 is 28.8 Å². The van der Waals surface area contributed by atoms with Crippen LogP contribution in [0.3, 0.4) is 0 Å². The summed E-state index contributed by atoms with van der Waals surface area (Å²) in [5.41, 5.74) is 1.69. The van der Waals surface area contributed by atoms with Gasteiger partial charge < -0.3 is 9.88 Å². The summed E-state index contributed by atoms with van der Waals surface area (Å²) in [6.45, 7) is 6.27. The highest BCUT2D eigenvalue weighted by molar-refractivity contribution is 7.09. The van der Waals surface area contributed by atoms with Crippen molar-refractivity contribution in [2.24, 2.45) is 0 Å². The zero-order valence-electron chi connectivity index (χ0n) is 12.5. The second kappa shape index (κ2) is 6.81. The van der Waals surface area contributed by atoms with Crippen molar-refractivity contribution in [3.05, 3.63) is 39.1 Å². The van der Waals surface area contributed by atoms with Crippen molar-refractivity contribution in [3.8, 4) is 0 Å². The molecule has 118 valence electrons. The molecule has 0 saturated carbocycles. The maximum Gasteiger partial charge on any atom is 0.270 e. The molecule has 0 bridgehead atoms. The van der Waals surface area contributed by atoms with Gasteiger partial charge in [0.25, 0.3) is 5.91 Å². The van der Waals surface area contributed by atoms with Crippen molar-refractivity contribution < 1.29 is 4.79 Å². The monoisotopic (exact) mass is 338 g/mol. The number of carbonyl (C=O) groups excluding carboxylic acids is 1. The molecule has 0 unspecified atom stereocenters. The summed E-state index contributed by atoms with van der Waals surface area (Å²) in [4.78, 5) is 24.2. The lowest BCUT2D eigenvalue weighted by Crippen LogP contribution is -2.35. The SMILES string of the molecule is Cc1nc(CN2CCCN(C(=O)c3cc(Cl)c[nH]3)CC2)cs1. The molecule has 1 aliphatic heterocycles. The Morgan fingerprint density at radius 1 is 1.41 bits per heavy atom. The van der Waals surface area contributed by atoms with Crippen molar-refractivity contribution in [2.45, 2.75) is 19.9 Å². The number of aryl methyl sites for hydroxylation is 1. The number of nitrogens with zero attached hydrogens (tertiary/aromatic N) is 3. The Kier molecular flexibility index (Phi) is 4.81. The fourth-order valence-corrected chi connectivity index (χ4v) is 3.47. The zero-order chi connectivity index (χ0) is 15.5. The van der Waals surface area contributed by atoms with Gasteiger partial charge in [-0.05, 0) is 19.4 Å². The van der Waals surface area contributed by atoms with E-state index in [9.17, 15) is 4.79 Å². The number of carbonyl (C=O) groups is 1. The molecule has 2 aromatic heterocycles. The molecule has 1 N–H and O–H groups in total. The van der Waals surface area contributed by atoms with Gasteiger partial charge in [0.2, 0.25) is 0 Å². The molecule has 0 radical (unpaired) electrons. The number of H-pyrrole nitrogens is 1. The Morgan fingerprint density at radius 3 is 2.95 bits per heavy atom. The Labute approximate surface area is 138 Å². The van der Waals surface area contributed by atoms with E-state index in [1.807, 2.05) is 11.8 Å². The summed E-state index contributed by atoms with van der Waals surface area (Å²) in [5, 5.41) is 3.79. The van der Waals surface area contributed by atoms with Crippen LogP contribution in [0.4, 0.5) is 0 Å². The summed E-state index contributed by atoms with van der Waals surface area (Å²) in [6, 6.07) is 1.69. The normalized spacial score (nSPS) is 16.7. The first kappa shape index (κ1) is 15.5. The summed E-state index contributed by atoms with van der Waals surface area (Å²) < 4.78 is 0. The summed E-state index contributed by atoms with van der Waals surface area (Å²) in [5.74, 6) is 0.0262. The third-order valence-electron chi connectivity index (χ3n) is 3.81. The molecule has 3 rings (SSSR count). The van der Waals surface area contributed by atoms with Crippen LogP contribution in [0.15, 0.2) is 17.6 Å². The van der Waals surface area contributed by atoms with Gasteiger partial charge in [-0.15, -0.1) is 11.3 Å². The number of thiazole rings is 1. The van der Waals surface area contributed by atoms with Crippen LogP contribution in [-0.2, 0) is 6.54 Å². The first-order valence-electron chi connectivity index (χ1n) is 7.38. The summed E-state index contributed by atoms with van der Waals surface area (Å²) in [6.07, 6.45) is 2.62. The van der Waals surface area contributed by atoms with E-state index >= 15 is 0 Å². The van der Waals surface area contributed by atoms with Crippen LogP contribution >= 0.6 is 22.9 Å². The molecular formula is C15H19ClN4OS. The fourth-order valence-electron chi connectivity index (χ4n) is 2.70. The average molecular weight is 339 g/mol. The molecule has 0 atom stereocenters. The largest absolute Gasteiger partial charge is 0.356 e. The van der Waals surface area contributed by atoms with Gasteiger partial charge in [-0.25, -0.2) is 4.98 Å². The molecule has 1 amide bonds. The van der Waals surface area contributed by atoms with Gasteiger partial charge in [0.05, 0.1) is 15.7 Å². The molecule has 7 heteroatoms. The van der Waals surface area contributed by atoms with E-state index in [4.69, 9.17) is 11.6 Å². The van der Waals surface area contributed by atoms with Gasteiger partial charge in [0.15, 0.2) is 0 Å². The van der Waals surface area contributed by atoms with E-state index in [1.165, 1.54) is 0 Å². The van der Waals surface area contributed by atoms with E-state index in [0.29, 0.717) is 10.7 Å². The van der Waals surface area contributed by atoms with E-state index in [0.717, 1.165) is 49.8 Å². The van der Waals surface area contributed by atoms with Crippen molar-refractivity contribution in [1.29, 1.82) is 0 Å². The number of halogens is 1. The lowest BCUT2D eigenvalue weighted by atomic mass is 10.3. The average Bonchev–Trinajstić information content (AvgIpc) is 3.02. The van der Waals surface area contributed by atoms with E-state index in [-0.39, 0.29) is 5.91 Å². The first-order valence-corrected chi connectivity index (χ1v) is 8.64. The van der Waals surface area contributed by atoms with Crippen LogP contribution in [0.25, 0.3) is 0 Å².